The molecule has 0 unspecified atom stereocenters. The quantitative estimate of drug-likeness (QED) is 0.523. The first-order valence-corrected chi connectivity index (χ1v) is 9.95. The van der Waals surface area contributed by atoms with Crippen molar-refractivity contribution in [2.24, 2.45) is 0 Å². The molecule has 5 rings (SSSR count). The van der Waals surface area contributed by atoms with Crippen LogP contribution in [0.3, 0.4) is 0 Å². The fraction of sp³-hybridized carbons (Fsp3) is 0.174. The van der Waals surface area contributed by atoms with Gasteiger partial charge >= 0.3 is 0 Å². The third kappa shape index (κ3) is 3.20. The van der Waals surface area contributed by atoms with Gasteiger partial charge in [-0.25, -0.2) is 4.98 Å². The van der Waals surface area contributed by atoms with Crippen LogP contribution in [-0.2, 0) is 0 Å². The van der Waals surface area contributed by atoms with Gasteiger partial charge in [-0.3, -0.25) is 0 Å². The standard InChI is InChI=1S/C23H21ClN4/c24-20-11-10-18(16-19(20)23-25-21-8-4-5-9-22(21)26-23)28-14-12-27(13-15-28)17-6-2-1-3-7-17/h1-11,16H,12-15H2,(H,25,26). The van der Waals surface area contributed by atoms with E-state index in [4.69, 9.17) is 16.6 Å². The predicted molar refractivity (Wildman–Crippen MR) is 117 cm³/mol. The summed E-state index contributed by atoms with van der Waals surface area (Å²) >= 11 is 6.51. The van der Waals surface area contributed by atoms with E-state index < -0.39 is 0 Å². The molecule has 1 aliphatic rings. The third-order valence-corrected chi connectivity index (χ3v) is 5.69. The molecule has 2 heterocycles. The Morgan fingerprint density at radius 2 is 1.43 bits per heavy atom. The van der Waals surface area contributed by atoms with Crippen LogP contribution in [0, 0.1) is 0 Å². The molecule has 140 valence electrons. The van der Waals surface area contributed by atoms with Gasteiger partial charge in [-0.1, -0.05) is 41.9 Å². The van der Waals surface area contributed by atoms with Crippen LogP contribution in [0.4, 0.5) is 11.4 Å². The number of hydrogen-bond acceptors (Lipinski definition) is 3. The minimum absolute atomic E-state index is 0.714. The van der Waals surface area contributed by atoms with Crippen LogP contribution in [0.1, 0.15) is 0 Å². The lowest BCUT2D eigenvalue weighted by Gasteiger charge is -2.37. The van der Waals surface area contributed by atoms with Gasteiger partial charge in [-0.2, -0.15) is 0 Å². The maximum Gasteiger partial charge on any atom is 0.140 e. The fourth-order valence-corrected chi connectivity index (χ4v) is 4.04. The first-order chi connectivity index (χ1) is 13.8. The number of hydrogen-bond donors (Lipinski definition) is 1. The monoisotopic (exact) mass is 388 g/mol. The van der Waals surface area contributed by atoms with Gasteiger partial charge in [-0.05, 0) is 42.5 Å². The van der Waals surface area contributed by atoms with E-state index >= 15 is 0 Å². The third-order valence-electron chi connectivity index (χ3n) is 5.36. The van der Waals surface area contributed by atoms with E-state index in [9.17, 15) is 0 Å². The molecule has 0 bridgehead atoms. The Bertz CT molecular complexity index is 1070. The highest BCUT2D eigenvalue weighted by molar-refractivity contribution is 6.33. The molecule has 4 nitrogen and oxygen atoms in total. The summed E-state index contributed by atoms with van der Waals surface area (Å²) in [6.07, 6.45) is 0. The lowest BCUT2D eigenvalue weighted by Crippen LogP contribution is -2.46. The van der Waals surface area contributed by atoms with Crippen LogP contribution >= 0.6 is 11.6 Å². The number of fused-ring (bicyclic) bond motifs is 1. The predicted octanol–water partition coefficient (Wildman–Crippen LogP) is 5.21. The molecule has 1 aromatic heterocycles. The lowest BCUT2D eigenvalue weighted by atomic mass is 10.1. The van der Waals surface area contributed by atoms with Gasteiger partial charge in [0.1, 0.15) is 5.82 Å². The van der Waals surface area contributed by atoms with Crippen LogP contribution in [0.15, 0.2) is 72.8 Å². The Kier molecular flexibility index (Phi) is 4.41. The van der Waals surface area contributed by atoms with Gasteiger partial charge < -0.3 is 14.8 Å². The van der Waals surface area contributed by atoms with E-state index in [1.54, 1.807) is 0 Å². The maximum absolute atomic E-state index is 6.51. The smallest absolute Gasteiger partial charge is 0.140 e. The van der Waals surface area contributed by atoms with E-state index in [1.807, 2.05) is 30.3 Å². The molecular formula is C23H21ClN4. The van der Waals surface area contributed by atoms with Crippen LogP contribution in [0.5, 0.6) is 0 Å². The molecule has 5 heteroatoms. The zero-order chi connectivity index (χ0) is 18.9. The molecule has 1 fully saturated rings. The number of nitrogens with one attached hydrogen (secondary N) is 1. The molecule has 1 saturated heterocycles. The summed E-state index contributed by atoms with van der Waals surface area (Å²) in [5.74, 6) is 0.816. The summed E-state index contributed by atoms with van der Waals surface area (Å²) in [5, 5.41) is 0.714. The van der Waals surface area contributed by atoms with Crippen LogP contribution < -0.4 is 9.80 Å². The van der Waals surface area contributed by atoms with Crippen molar-refractivity contribution >= 4 is 34.0 Å². The average Bonchev–Trinajstić information content (AvgIpc) is 3.19. The summed E-state index contributed by atoms with van der Waals surface area (Å²) in [6, 6.07) is 24.9. The molecule has 0 spiro atoms. The molecule has 28 heavy (non-hydrogen) atoms. The topological polar surface area (TPSA) is 35.2 Å². The van der Waals surface area contributed by atoms with E-state index in [1.165, 1.54) is 11.4 Å². The molecule has 0 amide bonds. The molecule has 0 atom stereocenters. The highest BCUT2D eigenvalue weighted by atomic mass is 35.5. The summed E-state index contributed by atoms with van der Waals surface area (Å²) in [6.45, 7) is 3.98. The Morgan fingerprint density at radius 3 is 2.18 bits per heavy atom. The van der Waals surface area contributed by atoms with Crippen molar-refractivity contribution in [1.29, 1.82) is 0 Å². The van der Waals surface area contributed by atoms with Crippen molar-refractivity contribution in [2.75, 3.05) is 36.0 Å². The summed E-state index contributed by atoms with van der Waals surface area (Å²) < 4.78 is 0. The van der Waals surface area contributed by atoms with Crippen LogP contribution in [-0.4, -0.2) is 36.1 Å². The van der Waals surface area contributed by atoms with Gasteiger partial charge in [0.2, 0.25) is 0 Å². The summed E-state index contributed by atoms with van der Waals surface area (Å²) in [7, 11) is 0. The van der Waals surface area contributed by atoms with Crippen molar-refractivity contribution in [2.45, 2.75) is 0 Å². The molecule has 1 N–H and O–H groups in total. The van der Waals surface area contributed by atoms with Crippen molar-refractivity contribution in [3.63, 3.8) is 0 Å². The first-order valence-electron chi connectivity index (χ1n) is 9.57. The number of nitrogens with zero attached hydrogens (tertiary/aromatic N) is 3. The van der Waals surface area contributed by atoms with E-state index in [0.29, 0.717) is 5.02 Å². The summed E-state index contributed by atoms with van der Waals surface area (Å²) in [4.78, 5) is 13.0. The SMILES string of the molecule is Clc1ccc(N2CCN(c3ccccc3)CC2)cc1-c1nc2ccccc2[nH]1. The van der Waals surface area contributed by atoms with Crippen molar-refractivity contribution in [3.05, 3.63) is 77.8 Å². The fourth-order valence-electron chi connectivity index (χ4n) is 3.83. The van der Waals surface area contributed by atoms with Crippen molar-refractivity contribution in [3.8, 4) is 11.4 Å². The number of imidazole rings is 1. The van der Waals surface area contributed by atoms with Crippen molar-refractivity contribution < 1.29 is 0 Å². The Labute approximate surface area is 169 Å². The van der Waals surface area contributed by atoms with E-state index in [2.05, 4.69) is 57.2 Å². The minimum Gasteiger partial charge on any atom is -0.368 e. The number of H-pyrrole nitrogens is 1. The Hall–Kier alpha value is -2.98. The highest BCUT2D eigenvalue weighted by Gasteiger charge is 2.19. The number of para-hydroxylation sites is 3. The molecule has 3 aromatic carbocycles. The number of piperazine rings is 1. The molecule has 4 aromatic rings. The molecule has 0 aliphatic carbocycles. The van der Waals surface area contributed by atoms with Gasteiger partial charge in [0.25, 0.3) is 0 Å². The lowest BCUT2D eigenvalue weighted by molar-refractivity contribution is 0.653. The van der Waals surface area contributed by atoms with Gasteiger partial charge in [0.15, 0.2) is 0 Å². The average molecular weight is 389 g/mol. The van der Waals surface area contributed by atoms with Gasteiger partial charge in [0.05, 0.1) is 16.1 Å². The molecule has 0 radical (unpaired) electrons. The number of aromatic nitrogens is 2. The largest absolute Gasteiger partial charge is 0.368 e. The van der Waals surface area contributed by atoms with Gasteiger partial charge in [-0.15, -0.1) is 0 Å². The second-order valence-electron chi connectivity index (χ2n) is 7.08. The number of rotatable bonds is 3. The van der Waals surface area contributed by atoms with Crippen LogP contribution in [0.25, 0.3) is 22.4 Å². The van der Waals surface area contributed by atoms with E-state index in [0.717, 1.165) is 48.6 Å². The zero-order valence-electron chi connectivity index (χ0n) is 15.5. The van der Waals surface area contributed by atoms with Gasteiger partial charge in [0, 0.05) is 43.1 Å². The molecule has 0 saturated carbocycles. The van der Waals surface area contributed by atoms with Crippen LogP contribution in [0.2, 0.25) is 5.02 Å². The molecule has 1 aliphatic heterocycles. The van der Waals surface area contributed by atoms with Crippen molar-refractivity contribution in [1.82, 2.24) is 9.97 Å². The highest BCUT2D eigenvalue weighted by Crippen LogP contribution is 2.32. The Morgan fingerprint density at radius 1 is 0.750 bits per heavy atom. The Balaban J connectivity index is 1.39. The normalized spacial score (nSPS) is 14.6. The number of benzene rings is 3. The maximum atomic E-state index is 6.51. The number of anilines is 2. The molecular weight excluding hydrogens is 368 g/mol. The first kappa shape index (κ1) is 17.1. The zero-order valence-corrected chi connectivity index (χ0v) is 16.2. The van der Waals surface area contributed by atoms with E-state index in [-0.39, 0.29) is 0 Å². The minimum atomic E-state index is 0.714. The number of halogens is 1. The number of aromatic amines is 1. The second-order valence-corrected chi connectivity index (χ2v) is 7.48. The summed E-state index contributed by atoms with van der Waals surface area (Å²) in [5.41, 5.74) is 5.40. The second kappa shape index (κ2) is 7.21.